The van der Waals surface area contributed by atoms with Crippen molar-refractivity contribution in [1.82, 2.24) is 0 Å². The van der Waals surface area contributed by atoms with E-state index in [1.54, 1.807) is 0 Å². The second-order valence-corrected chi connectivity index (χ2v) is 1.55. The molecule has 0 saturated carbocycles. The standard InChI is InChI=1S/C6H13.K.H/c1-3-5-6-4-2;;/h3H,4-6H2,1-2H3;;. The van der Waals surface area contributed by atoms with E-state index < -0.39 is 0 Å². The zero-order valence-corrected chi connectivity index (χ0v) is 4.70. The molecule has 1 heteroatoms. The van der Waals surface area contributed by atoms with Crippen molar-refractivity contribution >= 4 is 51.4 Å². The monoisotopic (exact) mass is 125 g/mol. The van der Waals surface area contributed by atoms with Gasteiger partial charge in [-0.1, -0.05) is 33.1 Å². The van der Waals surface area contributed by atoms with Crippen LogP contribution in [-0.4, -0.2) is 51.4 Å². The Morgan fingerprint density at radius 1 is 1.43 bits per heavy atom. The molecule has 0 saturated heterocycles. The van der Waals surface area contributed by atoms with Crippen LogP contribution in [0.4, 0.5) is 0 Å². The van der Waals surface area contributed by atoms with E-state index >= 15 is 0 Å². The molecule has 0 fully saturated rings. The van der Waals surface area contributed by atoms with Crippen LogP contribution in [0.2, 0.25) is 0 Å². The molecule has 0 aliphatic rings. The summed E-state index contributed by atoms with van der Waals surface area (Å²) >= 11 is 0. The molecule has 7 heavy (non-hydrogen) atoms. The van der Waals surface area contributed by atoms with Crippen LogP contribution in [0.1, 0.15) is 33.1 Å². The summed E-state index contributed by atoms with van der Waals surface area (Å²) in [5.41, 5.74) is 0. The molecule has 0 nitrogen and oxygen atoms in total. The number of hydrogen-bond donors (Lipinski definition) is 0. The summed E-state index contributed by atoms with van der Waals surface area (Å²) in [7, 11) is 0. The van der Waals surface area contributed by atoms with E-state index in [1.165, 1.54) is 19.3 Å². The van der Waals surface area contributed by atoms with Gasteiger partial charge in [0.2, 0.25) is 0 Å². The van der Waals surface area contributed by atoms with Crippen LogP contribution in [0.5, 0.6) is 0 Å². The summed E-state index contributed by atoms with van der Waals surface area (Å²) < 4.78 is 0. The Balaban J connectivity index is 0. The molecule has 0 rings (SSSR count). The fourth-order valence-corrected chi connectivity index (χ4v) is 0.408. The number of unbranched alkanes of at least 4 members (excludes halogenated alkanes) is 3. The molecule has 0 aliphatic carbocycles. The average Bonchev–Trinajstić information content (AvgIpc) is 1.61. The van der Waals surface area contributed by atoms with Gasteiger partial charge in [-0.3, -0.25) is 0 Å². The van der Waals surface area contributed by atoms with Gasteiger partial charge in [-0.15, -0.1) is 0 Å². The van der Waals surface area contributed by atoms with Crippen molar-refractivity contribution in [3.63, 3.8) is 0 Å². The minimum absolute atomic E-state index is 0. The Morgan fingerprint density at radius 2 is 2.00 bits per heavy atom. The van der Waals surface area contributed by atoms with Crippen LogP contribution >= 0.6 is 0 Å². The van der Waals surface area contributed by atoms with Crippen molar-refractivity contribution in [3.05, 3.63) is 6.42 Å². The predicted octanol–water partition coefficient (Wildman–Crippen LogP) is 1.75. The summed E-state index contributed by atoms with van der Waals surface area (Å²) in [6.07, 6.45) is 6.18. The van der Waals surface area contributed by atoms with Gasteiger partial charge in [0.05, 0.1) is 0 Å². The van der Waals surface area contributed by atoms with Crippen molar-refractivity contribution in [1.29, 1.82) is 0 Å². The first-order valence-electron chi connectivity index (χ1n) is 2.69. The van der Waals surface area contributed by atoms with Gasteiger partial charge in [-0.2, -0.15) is 0 Å². The maximum absolute atomic E-state index is 2.21. The third-order valence-corrected chi connectivity index (χ3v) is 0.846. The fourth-order valence-electron chi connectivity index (χ4n) is 0.408. The van der Waals surface area contributed by atoms with Gasteiger partial charge in [-0.05, 0) is 6.42 Å². The summed E-state index contributed by atoms with van der Waals surface area (Å²) in [6.45, 7) is 4.32. The van der Waals surface area contributed by atoms with Crippen molar-refractivity contribution in [2.75, 3.05) is 0 Å². The SMILES string of the molecule is C[CH]CCCC.[KH]. The van der Waals surface area contributed by atoms with Gasteiger partial charge >= 0.3 is 51.4 Å². The molecule has 1 radical (unpaired) electrons. The Morgan fingerprint density at radius 3 is 2.14 bits per heavy atom. The minimum atomic E-state index is 0. The molecule has 0 aromatic carbocycles. The molecule has 0 spiro atoms. The van der Waals surface area contributed by atoms with Crippen molar-refractivity contribution in [2.45, 2.75) is 33.1 Å². The first-order valence-corrected chi connectivity index (χ1v) is 2.69. The third kappa shape index (κ3) is 11.3. The summed E-state index contributed by atoms with van der Waals surface area (Å²) in [5.74, 6) is 0. The zero-order valence-electron chi connectivity index (χ0n) is 4.70. The summed E-state index contributed by atoms with van der Waals surface area (Å²) in [6, 6.07) is 0. The number of rotatable bonds is 3. The van der Waals surface area contributed by atoms with Gasteiger partial charge in [0.15, 0.2) is 0 Å². The Kier molecular flexibility index (Phi) is 17.3. The molecule has 0 aliphatic heterocycles. The van der Waals surface area contributed by atoms with E-state index in [4.69, 9.17) is 0 Å². The molecular formula is C6H14K. The molecule has 0 atom stereocenters. The average molecular weight is 125 g/mol. The number of hydrogen-bond acceptors (Lipinski definition) is 0. The molecule has 39 valence electrons. The molecule has 0 amide bonds. The molecular weight excluding hydrogens is 111 g/mol. The molecule has 0 aromatic heterocycles. The van der Waals surface area contributed by atoms with Crippen LogP contribution in [0.25, 0.3) is 0 Å². The Bertz CT molecular complexity index is 16.1. The quantitative estimate of drug-likeness (QED) is 0.398. The summed E-state index contributed by atoms with van der Waals surface area (Å²) in [4.78, 5) is 0. The Labute approximate surface area is 89.5 Å². The van der Waals surface area contributed by atoms with Gasteiger partial charge in [0, 0.05) is 0 Å². The molecule has 0 N–H and O–H groups in total. The van der Waals surface area contributed by atoms with Gasteiger partial charge in [0.1, 0.15) is 0 Å². The van der Waals surface area contributed by atoms with E-state index in [-0.39, 0.29) is 51.4 Å². The fraction of sp³-hybridized carbons (Fsp3) is 0.833. The maximum atomic E-state index is 2.21. The van der Waals surface area contributed by atoms with E-state index in [2.05, 4.69) is 20.3 Å². The molecule has 0 unspecified atom stereocenters. The molecule has 0 aromatic rings. The van der Waals surface area contributed by atoms with Crippen molar-refractivity contribution < 1.29 is 0 Å². The van der Waals surface area contributed by atoms with E-state index in [0.29, 0.717) is 0 Å². The first-order chi connectivity index (χ1) is 2.91. The van der Waals surface area contributed by atoms with Crippen molar-refractivity contribution in [3.8, 4) is 0 Å². The van der Waals surface area contributed by atoms with Crippen LogP contribution < -0.4 is 0 Å². The van der Waals surface area contributed by atoms with Crippen LogP contribution in [-0.2, 0) is 0 Å². The van der Waals surface area contributed by atoms with Crippen LogP contribution in [0.15, 0.2) is 0 Å². The zero-order chi connectivity index (χ0) is 4.83. The predicted molar refractivity (Wildman–Crippen MR) is 36.6 cm³/mol. The Hall–Kier alpha value is 1.64. The van der Waals surface area contributed by atoms with E-state index in [1.807, 2.05) is 0 Å². The first kappa shape index (κ1) is 11.4. The van der Waals surface area contributed by atoms with Gasteiger partial charge < -0.3 is 0 Å². The van der Waals surface area contributed by atoms with Crippen LogP contribution in [0, 0.1) is 6.42 Å². The third-order valence-electron chi connectivity index (χ3n) is 0.846. The summed E-state index contributed by atoms with van der Waals surface area (Å²) in [5, 5.41) is 0. The second kappa shape index (κ2) is 10.6. The normalized spacial score (nSPS) is 7.71. The van der Waals surface area contributed by atoms with Gasteiger partial charge in [0.25, 0.3) is 0 Å². The molecule has 0 heterocycles. The topological polar surface area (TPSA) is 0 Å². The second-order valence-electron chi connectivity index (χ2n) is 1.55. The van der Waals surface area contributed by atoms with Crippen LogP contribution in [0.3, 0.4) is 0 Å². The molecule has 0 bridgehead atoms. The van der Waals surface area contributed by atoms with Crippen molar-refractivity contribution in [2.24, 2.45) is 0 Å². The van der Waals surface area contributed by atoms with E-state index in [0.717, 1.165) is 0 Å². The van der Waals surface area contributed by atoms with Gasteiger partial charge in [-0.25, -0.2) is 0 Å². The van der Waals surface area contributed by atoms with E-state index in [9.17, 15) is 0 Å².